The number of piperidine rings is 1. The number of hydrogen-bond donors (Lipinski definition) is 1. The highest BCUT2D eigenvalue weighted by Crippen LogP contribution is 2.31. The fraction of sp³-hybridized carbons (Fsp3) is 0.350. The maximum absolute atomic E-state index is 13.1. The third kappa shape index (κ3) is 4.86. The van der Waals surface area contributed by atoms with Crippen LogP contribution in [-0.4, -0.2) is 38.8 Å². The molecule has 1 heterocycles. The molecule has 0 radical (unpaired) electrons. The van der Waals surface area contributed by atoms with E-state index >= 15 is 0 Å². The highest BCUT2D eigenvalue weighted by atomic mass is 35.5. The Labute approximate surface area is 180 Å². The van der Waals surface area contributed by atoms with E-state index in [9.17, 15) is 13.2 Å². The molecule has 1 N–H and O–H groups in total. The van der Waals surface area contributed by atoms with Crippen molar-refractivity contribution in [2.45, 2.75) is 24.7 Å². The molecule has 0 saturated carbocycles. The lowest BCUT2D eigenvalue weighted by molar-refractivity contribution is -0.120. The second-order valence-electron chi connectivity index (χ2n) is 6.97. The molecule has 0 spiro atoms. The molecular weight excluding hydrogens is 435 g/mol. The molecule has 0 bridgehead atoms. The van der Waals surface area contributed by atoms with Crippen molar-refractivity contribution < 1.29 is 17.9 Å². The smallest absolute Gasteiger partial charge is 0.244 e. The summed E-state index contributed by atoms with van der Waals surface area (Å²) in [6.07, 6.45) is 1.16. The number of amides is 1. The Morgan fingerprint density at radius 3 is 2.69 bits per heavy atom. The zero-order valence-corrected chi connectivity index (χ0v) is 18.4. The van der Waals surface area contributed by atoms with Gasteiger partial charge < -0.3 is 10.1 Å². The highest BCUT2D eigenvalue weighted by molar-refractivity contribution is 7.89. The number of aryl methyl sites for hydroxylation is 1. The lowest BCUT2D eigenvalue weighted by Crippen LogP contribution is -2.43. The summed E-state index contributed by atoms with van der Waals surface area (Å²) >= 11 is 12.1. The zero-order valence-electron chi connectivity index (χ0n) is 16.1. The predicted octanol–water partition coefficient (Wildman–Crippen LogP) is 4.35. The normalized spacial score (nSPS) is 17.7. The van der Waals surface area contributed by atoms with Crippen molar-refractivity contribution in [2.24, 2.45) is 5.92 Å². The molecule has 1 aliphatic heterocycles. The summed E-state index contributed by atoms with van der Waals surface area (Å²) in [7, 11) is -2.33. The number of anilines is 1. The Balaban J connectivity index is 1.79. The molecule has 3 rings (SSSR count). The van der Waals surface area contributed by atoms with Gasteiger partial charge in [-0.1, -0.05) is 29.3 Å². The zero-order chi connectivity index (χ0) is 21.2. The van der Waals surface area contributed by atoms with Crippen LogP contribution in [0.5, 0.6) is 5.75 Å². The van der Waals surface area contributed by atoms with Gasteiger partial charge in [0, 0.05) is 18.1 Å². The number of hydrogen-bond acceptors (Lipinski definition) is 4. The van der Waals surface area contributed by atoms with Gasteiger partial charge in [-0.2, -0.15) is 4.31 Å². The first kappa shape index (κ1) is 21.9. The highest BCUT2D eigenvalue weighted by Gasteiger charge is 2.34. The molecule has 156 valence electrons. The van der Waals surface area contributed by atoms with Crippen molar-refractivity contribution in [3.8, 4) is 5.75 Å². The quantitative estimate of drug-likeness (QED) is 0.725. The third-order valence-corrected chi connectivity index (χ3v) is 7.46. The molecule has 9 heteroatoms. The van der Waals surface area contributed by atoms with Crippen molar-refractivity contribution in [1.82, 2.24) is 4.31 Å². The Kier molecular flexibility index (Phi) is 6.73. The average molecular weight is 457 g/mol. The van der Waals surface area contributed by atoms with Crippen LogP contribution >= 0.6 is 23.2 Å². The number of carbonyl (C=O) groups is 1. The van der Waals surface area contributed by atoms with E-state index in [1.807, 2.05) is 19.1 Å². The molecule has 2 aromatic rings. The molecule has 29 heavy (non-hydrogen) atoms. The molecular formula is C20H22Cl2N2O4S. The van der Waals surface area contributed by atoms with Gasteiger partial charge in [0.2, 0.25) is 15.9 Å². The number of carbonyl (C=O) groups excluding carboxylic acids is 1. The standard InChI is InChI=1S/C20H22Cl2N2O4S/c1-13-5-8-18(28-2)17(10-13)23-20(25)14-4-3-9-24(12-14)29(26,27)19-11-15(21)6-7-16(19)22/h5-8,10-11,14H,3-4,9,12H2,1-2H3,(H,23,25). The summed E-state index contributed by atoms with van der Waals surface area (Å²) < 4.78 is 32.7. The second-order valence-corrected chi connectivity index (χ2v) is 9.72. The number of nitrogens with one attached hydrogen (secondary N) is 1. The summed E-state index contributed by atoms with van der Waals surface area (Å²) in [5.41, 5.74) is 1.54. The first-order valence-electron chi connectivity index (χ1n) is 9.13. The van der Waals surface area contributed by atoms with Gasteiger partial charge in [0.15, 0.2) is 0 Å². The topological polar surface area (TPSA) is 75.7 Å². The van der Waals surface area contributed by atoms with E-state index in [0.717, 1.165) is 5.56 Å². The van der Waals surface area contributed by atoms with Gasteiger partial charge in [-0.15, -0.1) is 0 Å². The van der Waals surface area contributed by atoms with Crippen molar-refractivity contribution in [3.63, 3.8) is 0 Å². The minimum Gasteiger partial charge on any atom is -0.495 e. The largest absolute Gasteiger partial charge is 0.495 e. The molecule has 1 aliphatic rings. The van der Waals surface area contributed by atoms with Gasteiger partial charge in [-0.25, -0.2) is 8.42 Å². The van der Waals surface area contributed by atoms with Gasteiger partial charge in [0.25, 0.3) is 0 Å². The molecule has 2 aromatic carbocycles. The Morgan fingerprint density at radius 2 is 1.97 bits per heavy atom. The van der Waals surface area contributed by atoms with E-state index in [1.54, 1.807) is 6.07 Å². The van der Waals surface area contributed by atoms with E-state index in [2.05, 4.69) is 5.32 Å². The van der Waals surface area contributed by atoms with Gasteiger partial charge in [-0.05, 0) is 55.7 Å². The fourth-order valence-corrected chi connectivity index (χ4v) is 5.60. The van der Waals surface area contributed by atoms with Gasteiger partial charge in [0.05, 0.1) is 23.7 Å². The minimum atomic E-state index is -3.86. The van der Waals surface area contributed by atoms with E-state index in [4.69, 9.17) is 27.9 Å². The van der Waals surface area contributed by atoms with Gasteiger partial charge in [-0.3, -0.25) is 4.79 Å². The maximum atomic E-state index is 13.1. The lowest BCUT2D eigenvalue weighted by atomic mass is 9.98. The van der Waals surface area contributed by atoms with E-state index in [1.165, 1.54) is 29.6 Å². The Bertz CT molecular complexity index is 1030. The molecule has 1 atom stereocenters. The number of nitrogens with zero attached hydrogens (tertiary/aromatic N) is 1. The minimum absolute atomic E-state index is 0.0481. The van der Waals surface area contributed by atoms with Crippen LogP contribution in [0.25, 0.3) is 0 Å². The lowest BCUT2D eigenvalue weighted by Gasteiger charge is -2.31. The van der Waals surface area contributed by atoms with Crippen molar-refractivity contribution >= 4 is 44.8 Å². The fourth-order valence-electron chi connectivity index (χ4n) is 3.34. The molecule has 0 aromatic heterocycles. The third-order valence-electron chi connectivity index (χ3n) is 4.88. The van der Waals surface area contributed by atoms with E-state index in [0.29, 0.717) is 30.8 Å². The maximum Gasteiger partial charge on any atom is 0.244 e. The molecule has 1 amide bonds. The summed E-state index contributed by atoms with van der Waals surface area (Å²) in [5, 5.41) is 3.26. The second kappa shape index (κ2) is 8.92. The number of ether oxygens (including phenoxy) is 1. The van der Waals surface area contributed by atoms with Gasteiger partial charge in [0.1, 0.15) is 10.6 Å². The summed E-state index contributed by atoms with van der Waals surface area (Å²) in [5.74, 6) is -0.178. The monoisotopic (exact) mass is 456 g/mol. The number of halogens is 2. The van der Waals surface area contributed by atoms with Crippen LogP contribution in [0.2, 0.25) is 10.0 Å². The van der Waals surface area contributed by atoms with E-state index < -0.39 is 15.9 Å². The molecule has 1 unspecified atom stereocenters. The number of methoxy groups -OCH3 is 1. The van der Waals surface area contributed by atoms with Crippen molar-refractivity contribution in [2.75, 3.05) is 25.5 Å². The summed E-state index contributed by atoms with van der Waals surface area (Å²) in [6, 6.07) is 9.81. The number of rotatable bonds is 5. The molecule has 1 fully saturated rings. The van der Waals surface area contributed by atoms with Crippen molar-refractivity contribution in [1.29, 1.82) is 0 Å². The summed E-state index contributed by atoms with van der Waals surface area (Å²) in [6.45, 7) is 2.31. The van der Waals surface area contributed by atoms with Crippen LogP contribution in [0.4, 0.5) is 5.69 Å². The SMILES string of the molecule is COc1ccc(C)cc1NC(=O)C1CCCN(S(=O)(=O)c2cc(Cl)ccc2Cl)C1. The van der Waals surface area contributed by atoms with Crippen LogP contribution in [0.15, 0.2) is 41.3 Å². The first-order chi connectivity index (χ1) is 13.7. The van der Waals surface area contributed by atoms with Crippen LogP contribution in [-0.2, 0) is 14.8 Å². The van der Waals surface area contributed by atoms with Crippen LogP contribution < -0.4 is 10.1 Å². The summed E-state index contributed by atoms with van der Waals surface area (Å²) in [4.78, 5) is 12.8. The molecule has 6 nitrogen and oxygen atoms in total. The Morgan fingerprint density at radius 1 is 1.21 bits per heavy atom. The number of benzene rings is 2. The average Bonchev–Trinajstić information content (AvgIpc) is 2.70. The van der Waals surface area contributed by atoms with Crippen LogP contribution in [0.3, 0.4) is 0 Å². The molecule has 0 aliphatic carbocycles. The Hall–Kier alpha value is -1.80. The van der Waals surface area contributed by atoms with E-state index in [-0.39, 0.29) is 27.4 Å². The van der Waals surface area contributed by atoms with Gasteiger partial charge >= 0.3 is 0 Å². The number of sulfonamides is 1. The van der Waals surface area contributed by atoms with Crippen LogP contribution in [0.1, 0.15) is 18.4 Å². The first-order valence-corrected chi connectivity index (χ1v) is 11.3. The predicted molar refractivity (Wildman–Crippen MR) is 114 cm³/mol. The van der Waals surface area contributed by atoms with Crippen LogP contribution in [0, 0.1) is 12.8 Å². The molecule has 1 saturated heterocycles. The van der Waals surface area contributed by atoms with Crippen molar-refractivity contribution in [3.05, 3.63) is 52.0 Å².